The van der Waals surface area contributed by atoms with Gasteiger partial charge in [0.25, 0.3) is 0 Å². The molecule has 1 unspecified atom stereocenters. The molecule has 0 N–H and O–H groups in total. The summed E-state index contributed by atoms with van der Waals surface area (Å²) in [4.78, 5) is 0. The van der Waals surface area contributed by atoms with Crippen LogP contribution in [0.2, 0.25) is 0 Å². The normalized spacial score (nSPS) is 16.3. The predicted octanol–water partition coefficient (Wildman–Crippen LogP) is 5.15. The molecule has 2 aromatic carbocycles. The Morgan fingerprint density at radius 2 is 1.88 bits per heavy atom. The average molecular weight is 348 g/mol. The second-order valence-electron chi connectivity index (χ2n) is 7.12. The molecule has 134 valence electrons. The average Bonchev–Trinajstić information content (AvgIpc) is 3.26. The van der Waals surface area contributed by atoms with Crippen LogP contribution in [0, 0.1) is 6.92 Å². The summed E-state index contributed by atoms with van der Waals surface area (Å²) in [6.45, 7) is 7.04. The summed E-state index contributed by atoms with van der Waals surface area (Å²) >= 11 is 0. The Labute approximate surface area is 154 Å². The van der Waals surface area contributed by atoms with Crippen LogP contribution in [0.4, 0.5) is 0 Å². The SMILES string of the molecule is COC1OCc2cc(-c3ccc(C(C)C)c(-n4ccc(C)n4)c3)ccc21. The maximum Gasteiger partial charge on any atom is 0.184 e. The first kappa shape index (κ1) is 17.0. The zero-order valence-corrected chi connectivity index (χ0v) is 15.7. The van der Waals surface area contributed by atoms with E-state index in [1.807, 2.05) is 23.9 Å². The van der Waals surface area contributed by atoms with Gasteiger partial charge in [-0.15, -0.1) is 0 Å². The Morgan fingerprint density at radius 3 is 2.58 bits per heavy atom. The number of aryl methyl sites for hydroxylation is 1. The molecule has 0 spiro atoms. The summed E-state index contributed by atoms with van der Waals surface area (Å²) in [6.07, 6.45) is 1.78. The summed E-state index contributed by atoms with van der Waals surface area (Å²) < 4.78 is 13.0. The number of ether oxygens (including phenoxy) is 2. The number of aromatic nitrogens is 2. The van der Waals surface area contributed by atoms with E-state index in [4.69, 9.17) is 9.47 Å². The van der Waals surface area contributed by atoms with Gasteiger partial charge in [-0.1, -0.05) is 38.1 Å². The number of fused-ring (bicyclic) bond motifs is 1. The first-order chi connectivity index (χ1) is 12.6. The largest absolute Gasteiger partial charge is 0.352 e. The molecule has 0 aliphatic carbocycles. The molecule has 4 heteroatoms. The third-order valence-electron chi connectivity index (χ3n) is 4.96. The number of methoxy groups -OCH3 is 1. The van der Waals surface area contributed by atoms with Gasteiger partial charge in [0.05, 0.1) is 18.0 Å². The maximum absolute atomic E-state index is 5.67. The fourth-order valence-corrected chi connectivity index (χ4v) is 3.55. The molecule has 4 nitrogen and oxygen atoms in total. The van der Waals surface area contributed by atoms with Crippen molar-refractivity contribution < 1.29 is 9.47 Å². The van der Waals surface area contributed by atoms with Gasteiger partial charge in [-0.25, -0.2) is 4.68 Å². The van der Waals surface area contributed by atoms with Gasteiger partial charge < -0.3 is 9.47 Å². The number of rotatable bonds is 4. The molecule has 0 fully saturated rings. The molecule has 0 saturated carbocycles. The van der Waals surface area contributed by atoms with Crippen molar-refractivity contribution in [1.29, 1.82) is 0 Å². The highest BCUT2D eigenvalue weighted by atomic mass is 16.7. The monoisotopic (exact) mass is 348 g/mol. The maximum atomic E-state index is 5.67. The zero-order chi connectivity index (χ0) is 18.3. The molecule has 1 aromatic heterocycles. The van der Waals surface area contributed by atoms with Crippen LogP contribution in [0.3, 0.4) is 0 Å². The molecular weight excluding hydrogens is 324 g/mol. The predicted molar refractivity (Wildman–Crippen MR) is 102 cm³/mol. The second kappa shape index (κ2) is 6.71. The molecule has 0 bridgehead atoms. The minimum absolute atomic E-state index is 0.245. The fourth-order valence-electron chi connectivity index (χ4n) is 3.55. The van der Waals surface area contributed by atoms with Gasteiger partial charge in [-0.3, -0.25) is 0 Å². The highest BCUT2D eigenvalue weighted by Gasteiger charge is 2.23. The quantitative estimate of drug-likeness (QED) is 0.654. The van der Waals surface area contributed by atoms with Crippen LogP contribution in [-0.2, 0) is 16.1 Å². The second-order valence-corrected chi connectivity index (χ2v) is 7.12. The van der Waals surface area contributed by atoms with E-state index in [2.05, 4.69) is 55.3 Å². The van der Waals surface area contributed by atoms with E-state index < -0.39 is 0 Å². The topological polar surface area (TPSA) is 36.3 Å². The Kier molecular flexibility index (Phi) is 4.39. The summed E-state index contributed by atoms with van der Waals surface area (Å²) in [6, 6.07) is 15.1. The van der Waals surface area contributed by atoms with E-state index in [1.54, 1.807) is 7.11 Å². The molecule has 1 atom stereocenters. The minimum Gasteiger partial charge on any atom is -0.352 e. The summed E-state index contributed by atoms with van der Waals surface area (Å²) in [7, 11) is 1.68. The van der Waals surface area contributed by atoms with Gasteiger partial charge in [0.2, 0.25) is 0 Å². The molecule has 0 radical (unpaired) electrons. The number of hydrogen-bond acceptors (Lipinski definition) is 3. The molecule has 0 saturated heterocycles. The highest BCUT2D eigenvalue weighted by Crippen LogP contribution is 2.35. The minimum atomic E-state index is -0.245. The molecule has 1 aliphatic rings. The van der Waals surface area contributed by atoms with Crippen LogP contribution in [-0.4, -0.2) is 16.9 Å². The van der Waals surface area contributed by atoms with Gasteiger partial charge in [0, 0.05) is 18.9 Å². The van der Waals surface area contributed by atoms with Crippen LogP contribution in [0.5, 0.6) is 0 Å². The Balaban J connectivity index is 1.78. The smallest absolute Gasteiger partial charge is 0.184 e. The first-order valence-corrected chi connectivity index (χ1v) is 9.01. The fraction of sp³-hybridized carbons (Fsp3) is 0.318. The van der Waals surface area contributed by atoms with Crippen molar-refractivity contribution in [2.24, 2.45) is 0 Å². The lowest BCUT2D eigenvalue weighted by Gasteiger charge is -2.15. The number of nitrogens with zero attached hydrogens (tertiary/aromatic N) is 2. The van der Waals surface area contributed by atoms with Gasteiger partial charge >= 0.3 is 0 Å². The van der Waals surface area contributed by atoms with Crippen LogP contribution in [0.15, 0.2) is 48.7 Å². The van der Waals surface area contributed by atoms with Crippen molar-refractivity contribution in [2.75, 3.05) is 7.11 Å². The third-order valence-corrected chi connectivity index (χ3v) is 4.96. The number of hydrogen-bond donors (Lipinski definition) is 0. The first-order valence-electron chi connectivity index (χ1n) is 9.01. The molecule has 0 amide bonds. The van der Waals surface area contributed by atoms with Crippen LogP contribution in [0.1, 0.15) is 48.4 Å². The molecular formula is C22H24N2O2. The van der Waals surface area contributed by atoms with Crippen molar-refractivity contribution in [3.63, 3.8) is 0 Å². The van der Waals surface area contributed by atoms with Crippen molar-refractivity contribution >= 4 is 0 Å². The Bertz CT molecular complexity index is 943. The van der Waals surface area contributed by atoms with E-state index in [-0.39, 0.29) is 6.29 Å². The highest BCUT2D eigenvalue weighted by molar-refractivity contribution is 5.69. The van der Waals surface area contributed by atoms with E-state index in [0.29, 0.717) is 12.5 Å². The van der Waals surface area contributed by atoms with E-state index >= 15 is 0 Å². The van der Waals surface area contributed by atoms with Crippen molar-refractivity contribution in [3.05, 3.63) is 71.0 Å². The van der Waals surface area contributed by atoms with Crippen LogP contribution < -0.4 is 0 Å². The Morgan fingerprint density at radius 1 is 1.12 bits per heavy atom. The third kappa shape index (κ3) is 2.96. The van der Waals surface area contributed by atoms with Crippen LogP contribution in [0.25, 0.3) is 16.8 Å². The zero-order valence-electron chi connectivity index (χ0n) is 15.7. The lowest BCUT2D eigenvalue weighted by molar-refractivity contribution is -0.118. The van der Waals surface area contributed by atoms with E-state index in [1.165, 1.54) is 22.3 Å². The van der Waals surface area contributed by atoms with Gasteiger partial charge in [-0.2, -0.15) is 5.10 Å². The van der Waals surface area contributed by atoms with Gasteiger partial charge in [0.1, 0.15) is 0 Å². The lowest BCUT2D eigenvalue weighted by atomic mass is 9.95. The van der Waals surface area contributed by atoms with Gasteiger partial charge in [0.15, 0.2) is 6.29 Å². The summed E-state index contributed by atoms with van der Waals surface area (Å²) in [5.74, 6) is 0.430. The van der Waals surface area contributed by atoms with Crippen molar-refractivity contribution in [1.82, 2.24) is 9.78 Å². The summed E-state index contributed by atoms with van der Waals surface area (Å²) in [5, 5.41) is 4.62. The van der Waals surface area contributed by atoms with Crippen molar-refractivity contribution in [2.45, 2.75) is 39.6 Å². The standard InChI is InChI=1S/C22H24N2O2/c1-14(2)19-7-5-17(12-21(19)24-10-9-15(3)23-24)16-6-8-20-18(11-16)13-26-22(20)25-4/h5-12,14,22H,13H2,1-4H3. The van der Waals surface area contributed by atoms with Crippen LogP contribution >= 0.6 is 0 Å². The molecule has 1 aliphatic heterocycles. The molecule has 3 aromatic rings. The molecule has 26 heavy (non-hydrogen) atoms. The van der Waals surface area contributed by atoms with E-state index in [9.17, 15) is 0 Å². The Hall–Kier alpha value is -2.43. The van der Waals surface area contributed by atoms with Crippen molar-refractivity contribution in [3.8, 4) is 16.8 Å². The molecule has 2 heterocycles. The molecule has 4 rings (SSSR count). The van der Waals surface area contributed by atoms with Gasteiger partial charge in [-0.05, 0) is 53.3 Å². The summed E-state index contributed by atoms with van der Waals surface area (Å²) in [5.41, 5.74) is 8.13. The van der Waals surface area contributed by atoms with E-state index in [0.717, 1.165) is 16.9 Å². The number of benzene rings is 2. The lowest BCUT2D eigenvalue weighted by Crippen LogP contribution is -2.03.